The van der Waals surface area contributed by atoms with Gasteiger partial charge in [0.25, 0.3) is 0 Å². The van der Waals surface area contributed by atoms with Crippen molar-refractivity contribution in [2.75, 3.05) is 17.3 Å². The summed E-state index contributed by atoms with van der Waals surface area (Å²) >= 11 is 1.40. The second-order valence-corrected chi connectivity index (χ2v) is 5.00. The van der Waals surface area contributed by atoms with Crippen LogP contribution in [0.1, 0.15) is 12.5 Å². The van der Waals surface area contributed by atoms with Gasteiger partial charge < -0.3 is 11.1 Å². The molecule has 1 aromatic heterocycles. The number of anilines is 2. The number of hydrogen-bond acceptors (Lipinski definition) is 5. The molecule has 0 fully saturated rings. The predicted molar refractivity (Wildman–Crippen MR) is 80.7 cm³/mol. The number of nitrogen functional groups attached to an aromatic ring is 1. The lowest BCUT2D eigenvalue weighted by Gasteiger charge is -2.08. The third-order valence-electron chi connectivity index (χ3n) is 2.88. The van der Waals surface area contributed by atoms with E-state index >= 15 is 0 Å². The number of benzene rings is 1. The van der Waals surface area contributed by atoms with Crippen molar-refractivity contribution in [3.63, 3.8) is 0 Å². The van der Waals surface area contributed by atoms with Crippen molar-refractivity contribution in [2.45, 2.75) is 25.0 Å². The first-order valence-electron chi connectivity index (χ1n) is 6.25. The smallest absolute Gasteiger partial charge is 0.244 e. The van der Waals surface area contributed by atoms with E-state index in [-0.39, 0.29) is 18.4 Å². The van der Waals surface area contributed by atoms with Gasteiger partial charge in [0.15, 0.2) is 5.16 Å². The minimum absolute atomic E-state index is 0.102. The topological polar surface area (TPSA) is 85.8 Å². The van der Waals surface area contributed by atoms with Gasteiger partial charge in [-0.2, -0.15) is 0 Å². The lowest BCUT2D eigenvalue weighted by Crippen LogP contribution is -2.20. The first-order chi connectivity index (χ1) is 9.63. The van der Waals surface area contributed by atoms with E-state index in [1.165, 1.54) is 17.3 Å². The van der Waals surface area contributed by atoms with E-state index in [0.717, 1.165) is 12.1 Å². The summed E-state index contributed by atoms with van der Waals surface area (Å²) in [5.41, 5.74) is 7.69. The molecule has 0 aliphatic heterocycles. The van der Waals surface area contributed by atoms with Crippen molar-refractivity contribution in [1.82, 2.24) is 14.8 Å². The van der Waals surface area contributed by atoms with E-state index in [1.807, 2.05) is 30.5 Å². The Bertz CT molecular complexity index is 593. The third kappa shape index (κ3) is 3.30. The van der Waals surface area contributed by atoms with Crippen molar-refractivity contribution >= 4 is 29.3 Å². The van der Waals surface area contributed by atoms with Crippen LogP contribution in [0.2, 0.25) is 0 Å². The lowest BCUT2D eigenvalue weighted by atomic mass is 10.1. The molecule has 0 unspecified atom stereocenters. The SMILES string of the molecule is CCc1ccc(NC(=O)Cn2c(N)nnc2SC)cc1. The van der Waals surface area contributed by atoms with Crippen LogP contribution in [0.5, 0.6) is 0 Å². The number of carbonyl (C=O) groups is 1. The molecular formula is C13H17N5OS. The molecule has 0 spiro atoms. The minimum atomic E-state index is -0.156. The number of aryl methyl sites for hydroxylation is 1. The van der Waals surface area contributed by atoms with Crippen LogP contribution in [0.15, 0.2) is 29.4 Å². The van der Waals surface area contributed by atoms with Gasteiger partial charge in [-0.15, -0.1) is 10.2 Å². The van der Waals surface area contributed by atoms with E-state index in [9.17, 15) is 4.79 Å². The highest BCUT2D eigenvalue weighted by molar-refractivity contribution is 7.98. The molecule has 0 aliphatic carbocycles. The molecule has 3 N–H and O–H groups in total. The average molecular weight is 291 g/mol. The molecule has 7 heteroatoms. The molecule has 2 rings (SSSR count). The van der Waals surface area contributed by atoms with Gasteiger partial charge in [0, 0.05) is 5.69 Å². The molecule has 0 aliphatic rings. The van der Waals surface area contributed by atoms with Crippen LogP contribution in [-0.2, 0) is 17.8 Å². The van der Waals surface area contributed by atoms with Crippen LogP contribution in [0.3, 0.4) is 0 Å². The van der Waals surface area contributed by atoms with Gasteiger partial charge >= 0.3 is 0 Å². The fourth-order valence-corrected chi connectivity index (χ4v) is 2.27. The molecule has 0 saturated carbocycles. The Hall–Kier alpha value is -2.02. The normalized spacial score (nSPS) is 10.5. The zero-order chi connectivity index (χ0) is 14.5. The highest BCUT2D eigenvalue weighted by Crippen LogP contribution is 2.15. The maximum absolute atomic E-state index is 12.0. The zero-order valence-corrected chi connectivity index (χ0v) is 12.3. The fraction of sp³-hybridized carbons (Fsp3) is 0.308. The van der Waals surface area contributed by atoms with Crippen LogP contribution in [0.25, 0.3) is 0 Å². The highest BCUT2D eigenvalue weighted by Gasteiger charge is 2.12. The molecule has 1 aromatic carbocycles. The van der Waals surface area contributed by atoms with Crippen molar-refractivity contribution in [3.8, 4) is 0 Å². The van der Waals surface area contributed by atoms with Crippen molar-refractivity contribution in [1.29, 1.82) is 0 Å². The summed E-state index contributed by atoms with van der Waals surface area (Å²) in [6.07, 6.45) is 2.84. The maximum Gasteiger partial charge on any atom is 0.244 e. The van der Waals surface area contributed by atoms with E-state index in [0.29, 0.717) is 5.16 Å². The molecule has 2 aromatic rings. The van der Waals surface area contributed by atoms with E-state index in [2.05, 4.69) is 22.4 Å². The number of aromatic nitrogens is 3. The number of hydrogen-bond donors (Lipinski definition) is 2. The van der Waals surface area contributed by atoms with E-state index in [4.69, 9.17) is 5.73 Å². The first-order valence-corrected chi connectivity index (χ1v) is 7.48. The van der Waals surface area contributed by atoms with Crippen molar-refractivity contribution in [2.24, 2.45) is 0 Å². The van der Waals surface area contributed by atoms with Crippen molar-refractivity contribution < 1.29 is 4.79 Å². The van der Waals surface area contributed by atoms with Gasteiger partial charge in [-0.3, -0.25) is 9.36 Å². The molecular weight excluding hydrogens is 274 g/mol. The third-order valence-corrected chi connectivity index (χ3v) is 3.54. The van der Waals surface area contributed by atoms with Gasteiger partial charge in [-0.05, 0) is 30.4 Å². The van der Waals surface area contributed by atoms with Crippen LogP contribution in [0.4, 0.5) is 11.6 Å². The van der Waals surface area contributed by atoms with Gasteiger partial charge in [0.2, 0.25) is 11.9 Å². The molecule has 1 amide bonds. The largest absolute Gasteiger partial charge is 0.368 e. The highest BCUT2D eigenvalue weighted by atomic mass is 32.2. The van der Waals surface area contributed by atoms with Crippen LogP contribution in [0, 0.1) is 0 Å². The second-order valence-electron chi connectivity index (χ2n) is 4.23. The van der Waals surface area contributed by atoms with Crippen LogP contribution in [-0.4, -0.2) is 26.9 Å². The summed E-state index contributed by atoms with van der Waals surface area (Å²) in [6, 6.07) is 7.77. The summed E-state index contributed by atoms with van der Waals surface area (Å²) in [5, 5.41) is 11.1. The summed E-state index contributed by atoms with van der Waals surface area (Å²) < 4.78 is 1.58. The molecule has 0 saturated heterocycles. The summed E-state index contributed by atoms with van der Waals surface area (Å²) in [5.74, 6) is 0.0851. The lowest BCUT2D eigenvalue weighted by molar-refractivity contribution is -0.116. The zero-order valence-electron chi connectivity index (χ0n) is 11.5. The molecule has 106 valence electrons. The molecule has 1 heterocycles. The number of nitrogens with two attached hydrogens (primary N) is 1. The number of nitrogens with one attached hydrogen (secondary N) is 1. The van der Waals surface area contributed by atoms with Crippen LogP contribution >= 0.6 is 11.8 Å². The minimum Gasteiger partial charge on any atom is -0.368 e. The Morgan fingerprint density at radius 3 is 2.65 bits per heavy atom. The molecule has 6 nitrogen and oxygen atoms in total. The summed E-state index contributed by atoms with van der Waals surface area (Å²) in [6.45, 7) is 2.19. The van der Waals surface area contributed by atoms with Gasteiger partial charge in [0.1, 0.15) is 6.54 Å². The molecule has 0 radical (unpaired) electrons. The Kier molecular flexibility index (Phi) is 4.62. The molecule has 0 atom stereocenters. The Morgan fingerprint density at radius 1 is 1.35 bits per heavy atom. The number of amides is 1. The molecule has 0 bridgehead atoms. The number of nitrogens with zero attached hydrogens (tertiary/aromatic N) is 3. The van der Waals surface area contributed by atoms with Gasteiger partial charge in [-0.25, -0.2) is 0 Å². The Morgan fingerprint density at radius 2 is 2.05 bits per heavy atom. The van der Waals surface area contributed by atoms with E-state index < -0.39 is 0 Å². The first kappa shape index (κ1) is 14.4. The van der Waals surface area contributed by atoms with Gasteiger partial charge in [-0.1, -0.05) is 30.8 Å². The monoisotopic (exact) mass is 291 g/mol. The van der Waals surface area contributed by atoms with Crippen molar-refractivity contribution in [3.05, 3.63) is 29.8 Å². The molecule has 20 heavy (non-hydrogen) atoms. The number of thioether (sulfide) groups is 1. The maximum atomic E-state index is 12.0. The van der Waals surface area contributed by atoms with Gasteiger partial charge in [0.05, 0.1) is 0 Å². The average Bonchev–Trinajstić information content (AvgIpc) is 2.80. The van der Waals surface area contributed by atoms with Crippen LogP contribution < -0.4 is 11.1 Å². The number of rotatable bonds is 5. The fourth-order valence-electron chi connectivity index (χ4n) is 1.77. The summed E-state index contributed by atoms with van der Waals surface area (Å²) in [4.78, 5) is 12.0. The standard InChI is InChI=1S/C13H17N5OS/c1-3-9-4-6-10(7-5-9)15-11(19)8-18-12(14)16-17-13(18)20-2/h4-7H,3,8H2,1-2H3,(H2,14,16)(H,15,19). The quantitative estimate of drug-likeness (QED) is 0.820. The Labute approximate surface area is 121 Å². The number of carbonyl (C=O) groups excluding carboxylic acids is 1. The van der Waals surface area contributed by atoms with E-state index in [1.54, 1.807) is 4.57 Å². The predicted octanol–water partition coefficient (Wildman–Crippen LogP) is 1.78. The second kappa shape index (κ2) is 6.42. The Balaban J connectivity index is 2.03. The summed E-state index contributed by atoms with van der Waals surface area (Å²) in [7, 11) is 0.